The van der Waals surface area contributed by atoms with E-state index in [1.54, 1.807) is 29.5 Å². The van der Waals surface area contributed by atoms with Gasteiger partial charge in [0.05, 0.1) is 21.6 Å². The number of phenolic OH excluding ortho intramolecular Hbond substituents is 1. The first-order valence-corrected chi connectivity index (χ1v) is 9.09. The van der Waals surface area contributed by atoms with E-state index in [9.17, 15) is 5.11 Å². The summed E-state index contributed by atoms with van der Waals surface area (Å²) in [5.41, 5.74) is 5.73. The van der Waals surface area contributed by atoms with Gasteiger partial charge in [0, 0.05) is 5.56 Å². The molecule has 4 nitrogen and oxygen atoms in total. The Morgan fingerprint density at radius 1 is 0.885 bits per heavy atom. The van der Waals surface area contributed by atoms with Gasteiger partial charge in [0.25, 0.3) is 0 Å². The van der Waals surface area contributed by atoms with Gasteiger partial charge >= 0.3 is 0 Å². The molecule has 4 rings (SSSR count). The molecule has 0 aliphatic carbocycles. The normalized spacial score (nSPS) is 11.5. The van der Waals surface area contributed by atoms with Crippen LogP contribution in [0.25, 0.3) is 20.8 Å². The monoisotopic (exact) mass is 359 g/mol. The molecule has 1 aromatic heterocycles. The van der Waals surface area contributed by atoms with Crippen LogP contribution in [0.1, 0.15) is 11.1 Å². The second-order valence-corrected chi connectivity index (χ2v) is 7.24. The maximum absolute atomic E-state index is 9.45. The Labute approximate surface area is 155 Å². The van der Waals surface area contributed by atoms with Crippen molar-refractivity contribution in [3.05, 3.63) is 71.8 Å². The minimum Gasteiger partial charge on any atom is -0.508 e. The molecule has 0 spiro atoms. The number of nitrogens with zero attached hydrogens (tertiary/aromatic N) is 3. The maximum atomic E-state index is 9.45. The lowest BCUT2D eigenvalue weighted by atomic mass is 10.2. The van der Waals surface area contributed by atoms with Crippen molar-refractivity contribution in [3.63, 3.8) is 0 Å². The number of aromatic nitrogens is 1. The van der Waals surface area contributed by atoms with E-state index in [1.165, 1.54) is 10.3 Å². The number of hydrogen-bond donors (Lipinski definition) is 1. The van der Waals surface area contributed by atoms with Crippen molar-refractivity contribution in [3.8, 4) is 16.3 Å². The highest BCUT2D eigenvalue weighted by Crippen LogP contribution is 2.32. The van der Waals surface area contributed by atoms with E-state index in [1.807, 2.05) is 31.2 Å². The molecule has 4 aromatic rings. The zero-order chi connectivity index (χ0) is 18.1. The molecule has 5 heteroatoms. The Bertz CT molecular complexity index is 1110. The second kappa shape index (κ2) is 6.69. The van der Waals surface area contributed by atoms with Crippen LogP contribution in [0.5, 0.6) is 5.75 Å². The summed E-state index contributed by atoms with van der Waals surface area (Å²) in [6.45, 7) is 3.97. The average molecular weight is 359 g/mol. The summed E-state index contributed by atoms with van der Waals surface area (Å²) in [6.07, 6.45) is 0. The first-order valence-electron chi connectivity index (χ1n) is 8.27. The predicted molar refractivity (Wildman–Crippen MR) is 107 cm³/mol. The fraction of sp³-hybridized carbons (Fsp3) is 0.0952. The lowest BCUT2D eigenvalue weighted by Gasteiger charge is -2.00. The minimum atomic E-state index is 0.233. The van der Waals surface area contributed by atoms with E-state index in [4.69, 9.17) is 4.98 Å². The van der Waals surface area contributed by atoms with E-state index >= 15 is 0 Å². The van der Waals surface area contributed by atoms with Crippen LogP contribution in [0, 0.1) is 13.8 Å². The minimum absolute atomic E-state index is 0.233. The number of thiazole rings is 1. The molecule has 0 aliphatic heterocycles. The quantitative estimate of drug-likeness (QED) is 0.414. The van der Waals surface area contributed by atoms with Crippen molar-refractivity contribution in [2.75, 3.05) is 0 Å². The standard InChI is InChI=1S/C21H17N3OS/c1-13-3-10-20-19(11-13)22-21(26-20)15-4-6-16(7-5-15)23-24-18-9-8-17(25)12-14(18)2/h3-12,25H,1-2H3/b24-23+. The number of azo groups is 1. The van der Waals surface area contributed by atoms with Gasteiger partial charge in [0.15, 0.2) is 0 Å². The number of benzene rings is 3. The van der Waals surface area contributed by atoms with Crippen molar-refractivity contribution in [1.82, 2.24) is 4.98 Å². The van der Waals surface area contributed by atoms with Gasteiger partial charge in [-0.05, 0) is 79.6 Å². The number of aryl methyl sites for hydroxylation is 2. The molecule has 0 saturated carbocycles. The summed E-state index contributed by atoms with van der Waals surface area (Å²) in [5, 5.41) is 19.0. The number of aromatic hydroxyl groups is 1. The molecule has 0 atom stereocenters. The van der Waals surface area contributed by atoms with E-state index in [0.29, 0.717) is 0 Å². The molecule has 0 aliphatic rings. The summed E-state index contributed by atoms with van der Waals surface area (Å²) in [6, 6.07) is 19.3. The Kier molecular flexibility index (Phi) is 4.22. The first-order chi connectivity index (χ1) is 12.6. The van der Waals surface area contributed by atoms with Crippen molar-refractivity contribution in [2.24, 2.45) is 10.2 Å². The molecular weight excluding hydrogens is 342 g/mol. The molecule has 128 valence electrons. The van der Waals surface area contributed by atoms with Gasteiger partial charge < -0.3 is 5.11 Å². The third-order valence-electron chi connectivity index (χ3n) is 4.11. The van der Waals surface area contributed by atoms with Crippen LogP contribution in [0.4, 0.5) is 11.4 Å². The van der Waals surface area contributed by atoms with Gasteiger partial charge in [-0.3, -0.25) is 0 Å². The molecule has 1 heterocycles. The Morgan fingerprint density at radius 3 is 2.46 bits per heavy atom. The van der Waals surface area contributed by atoms with Gasteiger partial charge in [0.2, 0.25) is 0 Å². The van der Waals surface area contributed by atoms with Crippen LogP contribution < -0.4 is 0 Å². The van der Waals surface area contributed by atoms with Crippen LogP contribution in [0.15, 0.2) is 70.9 Å². The number of fused-ring (bicyclic) bond motifs is 1. The van der Waals surface area contributed by atoms with Gasteiger partial charge in [-0.1, -0.05) is 6.07 Å². The Morgan fingerprint density at radius 2 is 1.69 bits per heavy atom. The van der Waals surface area contributed by atoms with Gasteiger partial charge in [-0.25, -0.2) is 4.98 Å². The van der Waals surface area contributed by atoms with Gasteiger partial charge in [-0.2, -0.15) is 10.2 Å². The molecule has 0 fully saturated rings. The number of phenols is 1. The Hall–Kier alpha value is -3.05. The largest absolute Gasteiger partial charge is 0.508 e. The molecule has 0 saturated heterocycles. The van der Waals surface area contributed by atoms with Crippen LogP contribution in [-0.4, -0.2) is 10.1 Å². The summed E-state index contributed by atoms with van der Waals surface area (Å²) < 4.78 is 1.19. The summed E-state index contributed by atoms with van der Waals surface area (Å²) in [5.74, 6) is 0.233. The highest BCUT2D eigenvalue weighted by Gasteiger charge is 2.06. The highest BCUT2D eigenvalue weighted by molar-refractivity contribution is 7.21. The maximum Gasteiger partial charge on any atom is 0.124 e. The van der Waals surface area contributed by atoms with Crippen molar-refractivity contribution >= 4 is 32.9 Å². The molecular formula is C21H17N3OS. The molecule has 26 heavy (non-hydrogen) atoms. The molecule has 0 bridgehead atoms. The smallest absolute Gasteiger partial charge is 0.124 e. The van der Waals surface area contributed by atoms with E-state index in [0.717, 1.165) is 33.0 Å². The number of rotatable bonds is 3. The molecule has 3 aromatic carbocycles. The average Bonchev–Trinajstić information content (AvgIpc) is 3.04. The second-order valence-electron chi connectivity index (χ2n) is 6.21. The molecule has 0 amide bonds. The fourth-order valence-corrected chi connectivity index (χ4v) is 3.65. The van der Waals surface area contributed by atoms with Crippen LogP contribution >= 0.6 is 11.3 Å². The molecule has 1 N–H and O–H groups in total. The van der Waals surface area contributed by atoms with E-state index in [2.05, 4.69) is 35.4 Å². The first kappa shape index (κ1) is 16.4. The topological polar surface area (TPSA) is 57.8 Å². The summed E-state index contributed by atoms with van der Waals surface area (Å²) in [4.78, 5) is 4.73. The SMILES string of the molecule is Cc1ccc2sc(-c3ccc(/N=N/c4ccc(O)cc4C)cc3)nc2c1. The van der Waals surface area contributed by atoms with E-state index < -0.39 is 0 Å². The number of hydrogen-bond acceptors (Lipinski definition) is 5. The summed E-state index contributed by atoms with van der Waals surface area (Å²) in [7, 11) is 0. The third kappa shape index (κ3) is 3.34. The third-order valence-corrected chi connectivity index (χ3v) is 5.20. The molecule has 0 unspecified atom stereocenters. The fourth-order valence-electron chi connectivity index (χ4n) is 2.70. The zero-order valence-electron chi connectivity index (χ0n) is 14.5. The zero-order valence-corrected chi connectivity index (χ0v) is 15.3. The van der Waals surface area contributed by atoms with Crippen molar-refractivity contribution < 1.29 is 5.11 Å². The van der Waals surface area contributed by atoms with Gasteiger partial charge in [-0.15, -0.1) is 11.3 Å². The van der Waals surface area contributed by atoms with Crippen LogP contribution in [0.3, 0.4) is 0 Å². The lowest BCUT2D eigenvalue weighted by molar-refractivity contribution is 0.475. The van der Waals surface area contributed by atoms with Crippen molar-refractivity contribution in [2.45, 2.75) is 13.8 Å². The lowest BCUT2D eigenvalue weighted by Crippen LogP contribution is -1.76. The Balaban J connectivity index is 1.58. The van der Waals surface area contributed by atoms with E-state index in [-0.39, 0.29) is 5.75 Å². The highest BCUT2D eigenvalue weighted by atomic mass is 32.1. The predicted octanol–water partition coefficient (Wildman–Crippen LogP) is 6.70. The molecule has 0 radical (unpaired) electrons. The summed E-state index contributed by atoms with van der Waals surface area (Å²) >= 11 is 1.69. The van der Waals surface area contributed by atoms with Crippen molar-refractivity contribution in [1.29, 1.82) is 0 Å². The van der Waals surface area contributed by atoms with Gasteiger partial charge in [0.1, 0.15) is 10.8 Å². The van der Waals surface area contributed by atoms with Crippen LogP contribution in [-0.2, 0) is 0 Å². The van der Waals surface area contributed by atoms with Crippen LogP contribution in [0.2, 0.25) is 0 Å².